The van der Waals surface area contributed by atoms with E-state index in [-0.39, 0.29) is 11.7 Å². The van der Waals surface area contributed by atoms with Gasteiger partial charge in [-0.25, -0.2) is 4.98 Å². The highest BCUT2D eigenvalue weighted by Crippen LogP contribution is 2.27. The Labute approximate surface area is 121 Å². The van der Waals surface area contributed by atoms with Crippen LogP contribution < -0.4 is 16.0 Å². The number of nitrogens with two attached hydrogens (primary N) is 1. The molecule has 3 N–H and O–H groups in total. The van der Waals surface area contributed by atoms with E-state index >= 15 is 0 Å². The first-order valence-corrected chi connectivity index (χ1v) is 7.13. The number of aromatic nitrogens is 1. The van der Waals surface area contributed by atoms with Crippen LogP contribution in [0.3, 0.4) is 0 Å². The van der Waals surface area contributed by atoms with Crippen molar-refractivity contribution in [1.29, 1.82) is 0 Å². The first kappa shape index (κ1) is 14.4. The molecule has 2 heterocycles. The van der Waals surface area contributed by atoms with Crippen LogP contribution in [0.25, 0.3) is 0 Å². The van der Waals surface area contributed by atoms with E-state index in [1.54, 1.807) is 0 Å². The second-order valence-corrected chi connectivity index (χ2v) is 5.40. The number of hydrogen-bond donors (Lipinski definition) is 2. The predicted octanol–water partition coefficient (Wildman–Crippen LogP) is 2.01. The van der Waals surface area contributed by atoms with E-state index < -0.39 is 0 Å². The van der Waals surface area contributed by atoms with E-state index in [4.69, 9.17) is 10.2 Å². The quantitative estimate of drug-likeness (QED) is 0.881. The average molecular weight is 294 g/mol. The summed E-state index contributed by atoms with van der Waals surface area (Å²) in [5, 5.41) is 3.52. The molecule has 7 heteroatoms. The Morgan fingerprint density at radius 2 is 2.30 bits per heavy atom. The zero-order valence-corrected chi connectivity index (χ0v) is 12.6. The van der Waals surface area contributed by atoms with E-state index in [1.165, 1.54) is 11.3 Å². The SMILES string of the molecule is CCN(C)c1nc(N)c(C(=O)NCc2ccc(C)o2)s1. The van der Waals surface area contributed by atoms with Crippen LogP contribution in [0.4, 0.5) is 10.9 Å². The van der Waals surface area contributed by atoms with Gasteiger partial charge in [0.05, 0.1) is 6.54 Å². The van der Waals surface area contributed by atoms with Crippen LogP contribution in [0.2, 0.25) is 0 Å². The molecule has 0 aliphatic rings. The third-order valence-electron chi connectivity index (χ3n) is 2.87. The Morgan fingerprint density at radius 3 is 2.90 bits per heavy atom. The highest BCUT2D eigenvalue weighted by Gasteiger charge is 2.17. The van der Waals surface area contributed by atoms with Crippen molar-refractivity contribution in [3.63, 3.8) is 0 Å². The second-order valence-electron chi connectivity index (χ2n) is 4.42. The molecular weight excluding hydrogens is 276 g/mol. The molecular formula is C13H18N4O2S. The molecule has 0 fully saturated rings. The van der Waals surface area contributed by atoms with Crippen LogP contribution in [-0.2, 0) is 6.54 Å². The van der Waals surface area contributed by atoms with Crippen molar-refractivity contribution in [2.75, 3.05) is 24.2 Å². The number of rotatable bonds is 5. The Bertz CT molecular complexity index is 605. The Balaban J connectivity index is 2.03. The number of carbonyl (C=O) groups excluding carboxylic acids is 1. The standard InChI is InChI=1S/C13H18N4O2S/c1-4-17(3)13-16-11(14)10(20-13)12(18)15-7-9-6-5-8(2)19-9/h5-6H,4,7,14H2,1-3H3,(H,15,18). The molecule has 0 bridgehead atoms. The number of hydrogen-bond acceptors (Lipinski definition) is 6. The molecule has 2 aromatic rings. The summed E-state index contributed by atoms with van der Waals surface area (Å²) in [6.07, 6.45) is 0. The lowest BCUT2D eigenvalue weighted by atomic mass is 10.4. The van der Waals surface area contributed by atoms with Crippen LogP contribution in [0.5, 0.6) is 0 Å². The largest absolute Gasteiger partial charge is 0.465 e. The Kier molecular flexibility index (Phi) is 4.29. The maximum absolute atomic E-state index is 12.1. The lowest BCUT2D eigenvalue weighted by Crippen LogP contribution is -2.22. The fraction of sp³-hybridized carbons (Fsp3) is 0.385. The van der Waals surface area contributed by atoms with Crippen LogP contribution in [0.15, 0.2) is 16.5 Å². The molecule has 0 aliphatic heterocycles. The molecule has 0 unspecified atom stereocenters. The minimum absolute atomic E-state index is 0.232. The van der Waals surface area contributed by atoms with Gasteiger partial charge in [0, 0.05) is 13.6 Å². The lowest BCUT2D eigenvalue weighted by molar-refractivity contribution is 0.0952. The number of carbonyl (C=O) groups is 1. The first-order chi connectivity index (χ1) is 9.51. The number of anilines is 2. The third kappa shape index (κ3) is 3.11. The van der Waals surface area contributed by atoms with Crippen molar-refractivity contribution >= 4 is 28.2 Å². The van der Waals surface area contributed by atoms with Crippen molar-refractivity contribution in [1.82, 2.24) is 10.3 Å². The summed E-state index contributed by atoms with van der Waals surface area (Å²) in [5.74, 6) is 1.56. The Morgan fingerprint density at radius 1 is 1.55 bits per heavy atom. The molecule has 2 rings (SSSR count). The molecule has 0 saturated heterocycles. The molecule has 20 heavy (non-hydrogen) atoms. The van der Waals surface area contributed by atoms with Crippen LogP contribution in [0, 0.1) is 6.92 Å². The van der Waals surface area contributed by atoms with Crippen molar-refractivity contribution in [3.05, 3.63) is 28.5 Å². The number of amides is 1. The van der Waals surface area contributed by atoms with Gasteiger partial charge in [-0.05, 0) is 26.0 Å². The lowest BCUT2D eigenvalue weighted by Gasteiger charge is -2.10. The number of aryl methyl sites for hydroxylation is 1. The third-order valence-corrected chi connectivity index (χ3v) is 4.05. The van der Waals surface area contributed by atoms with E-state index in [2.05, 4.69) is 10.3 Å². The van der Waals surface area contributed by atoms with Gasteiger partial charge in [-0.3, -0.25) is 4.79 Å². The van der Waals surface area contributed by atoms with Crippen molar-refractivity contribution in [2.24, 2.45) is 0 Å². The van der Waals surface area contributed by atoms with E-state index in [1.807, 2.05) is 37.9 Å². The maximum Gasteiger partial charge on any atom is 0.265 e. The number of thiazole rings is 1. The maximum atomic E-state index is 12.1. The van der Waals surface area contributed by atoms with Crippen molar-refractivity contribution in [3.8, 4) is 0 Å². The fourth-order valence-electron chi connectivity index (χ4n) is 1.61. The van der Waals surface area contributed by atoms with Gasteiger partial charge < -0.3 is 20.4 Å². The monoisotopic (exact) mass is 294 g/mol. The molecule has 2 aromatic heterocycles. The van der Waals surface area contributed by atoms with E-state index in [0.29, 0.717) is 17.2 Å². The molecule has 0 atom stereocenters. The zero-order chi connectivity index (χ0) is 14.7. The molecule has 108 valence electrons. The summed E-state index contributed by atoms with van der Waals surface area (Å²) in [7, 11) is 1.91. The van der Waals surface area contributed by atoms with Crippen molar-refractivity contribution in [2.45, 2.75) is 20.4 Å². The first-order valence-electron chi connectivity index (χ1n) is 6.32. The highest BCUT2D eigenvalue weighted by molar-refractivity contribution is 7.18. The van der Waals surface area contributed by atoms with Gasteiger partial charge >= 0.3 is 0 Å². The summed E-state index contributed by atoms with van der Waals surface area (Å²) in [5.41, 5.74) is 5.80. The van der Waals surface area contributed by atoms with Crippen molar-refractivity contribution < 1.29 is 9.21 Å². The molecule has 6 nitrogen and oxygen atoms in total. The summed E-state index contributed by atoms with van der Waals surface area (Å²) < 4.78 is 5.39. The van der Waals surface area contributed by atoms with Crippen LogP contribution in [-0.4, -0.2) is 24.5 Å². The number of nitrogens with zero attached hydrogens (tertiary/aromatic N) is 2. The average Bonchev–Trinajstić information content (AvgIpc) is 3.01. The number of nitrogens with one attached hydrogen (secondary N) is 1. The minimum Gasteiger partial charge on any atom is -0.465 e. The fourth-order valence-corrected chi connectivity index (χ4v) is 2.54. The van der Waals surface area contributed by atoms with Gasteiger partial charge in [0.2, 0.25) is 0 Å². The summed E-state index contributed by atoms with van der Waals surface area (Å²) in [4.78, 5) is 18.7. The normalized spacial score (nSPS) is 10.6. The number of furan rings is 1. The van der Waals surface area contributed by atoms with Gasteiger partial charge in [0.25, 0.3) is 5.91 Å². The van der Waals surface area contributed by atoms with Crippen LogP contribution in [0.1, 0.15) is 28.1 Å². The molecule has 0 saturated carbocycles. The van der Waals surface area contributed by atoms with Gasteiger partial charge in [-0.2, -0.15) is 0 Å². The molecule has 0 spiro atoms. The van der Waals surface area contributed by atoms with E-state index in [0.717, 1.165) is 17.4 Å². The van der Waals surface area contributed by atoms with Gasteiger partial charge in [-0.1, -0.05) is 11.3 Å². The van der Waals surface area contributed by atoms with Gasteiger partial charge in [0.15, 0.2) is 5.13 Å². The molecule has 1 amide bonds. The van der Waals surface area contributed by atoms with Crippen LogP contribution >= 0.6 is 11.3 Å². The summed E-state index contributed by atoms with van der Waals surface area (Å²) in [6, 6.07) is 3.69. The number of nitrogen functional groups attached to an aromatic ring is 1. The smallest absolute Gasteiger partial charge is 0.265 e. The zero-order valence-electron chi connectivity index (χ0n) is 11.8. The molecule has 0 radical (unpaired) electrons. The van der Waals surface area contributed by atoms with Gasteiger partial charge in [-0.15, -0.1) is 0 Å². The van der Waals surface area contributed by atoms with E-state index in [9.17, 15) is 4.79 Å². The molecule has 0 aromatic carbocycles. The van der Waals surface area contributed by atoms with Gasteiger partial charge in [0.1, 0.15) is 22.2 Å². The second kappa shape index (κ2) is 5.96. The topological polar surface area (TPSA) is 84.4 Å². The summed E-state index contributed by atoms with van der Waals surface area (Å²) >= 11 is 1.29. The molecule has 0 aliphatic carbocycles. The minimum atomic E-state index is -0.232. The highest BCUT2D eigenvalue weighted by atomic mass is 32.1. The summed E-state index contributed by atoms with van der Waals surface area (Å²) in [6.45, 7) is 5.01. The Hall–Kier alpha value is -2.02. The predicted molar refractivity (Wildman–Crippen MR) is 80.1 cm³/mol.